The molecule has 0 bridgehead atoms. The van der Waals surface area contributed by atoms with Crippen LogP contribution in [0.15, 0.2) is 42.5 Å². The van der Waals surface area contributed by atoms with Crippen LogP contribution in [0.4, 0.5) is 0 Å². The largest absolute Gasteiger partial charge is 0.374 e. The van der Waals surface area contributed by atoms with Gasteiger partial charge in [-0.15, -0.1) is 0 Å². The Morgan fingerprint density at radius 1 is 0.783 bits per heavy atom. The highest BCUT2D eigenvalue weighted by Crippen LogP contribution is 2.34. The minimum absolute atomic E-state index is 0.428. The van der Waals surface area contributed by atoms with Crippen molar-refractivity contribution in [2.24, 2.45) is 0 Å². The third-order valence-corrected chi connectivity index (χ3v) is 4.99. The maximum Gasteiger partial charge on any atom is 0.0720 e. The SMILES string of the molecule is Cc1ccc(C2CCC(OCc3cc(C)cc(C)c3)CC2)cc1. The second-order valence-electron chi connectivity index (χ2n) is 7.19. The molecule has 1 fully saturated rings. The molecule has 1 aliphatic carbocycles. The van der Waals surface area contributed by atoms with Gasteiger partial charge in [0.15, 0.2) is 0 Å². The van der Waals surface area contributed by atoms with Crippen molar-refractivity contribution in [2.75, 3.05) is 0 Å². The van der Waals surface area contributed by atoms with E-state index in [9.17, 15) is 0 Å². The van der Waals surface area contributed by atoms with E-state index in [2.05, 4.69) is 63.2 Å². The standard InChI is InChI=1S/C22H28O/c1-16-4-6-20(7-5-16)21-8-10-22(11-9-21)23-15-19-13-17(2)12-18(3)14-19/h4-7,12-14,21-22H,8-11,15H2,1-3H3. The second kappa shape index (κ2) is 7.31. The molecule has 0 heterocycles. The van der Waals surface area contributed by atoms with E-state index in [1.165, 1.54) is 53.5 Å². The summed E-state index contributed by atoms with van der Waals surface area (Å²) in [7, 11) is 0. The molecule has 0 saturated heterocycles. The summed E-state index contributed by atoms with van der Waals surface area (Å²) in [6.07, 6.45) is 5.30. The van der Waals surface area contributed by atoms with Crippen LogP contribution >= 0.6 is 0 Å². The minimum atomic E-state index is 0.428. The number of benzene rings is 2. The number of aryl methyl sites for hydroxylation is 3. The summed E-state index contributed by atoms with van der Waals surface area (Å²) < 4.78 is 6.18. The highest BCUT2D eigenvalue weighted by Gasteiger charge is 2.22. The van der Waals surface area contributed by atoms with E-state index in [0.29, 0.717) is 6.10 Å². The normalized spacial score (nSPS) is 21.3. The van der Waals surface area contributed by atoms with Crippen LogP contribution in [0.3, 0.4) is 0 Å². The van der Waals surface area contributed by atoms with E-state index in [1.54, 1.807) is 0 Å². The third kappa shape index (κ3) is 4.45. The lowest BCUT2D eigenvalue weighted by Crippen LogP contribution is -2.20. The summed E-state index contributed by atoms with van der Waals surface area (Å²) >= 11 is 0. The van der Waals surface area contributed by atoms with E-state index in [4.69, 9.17) is 4.74 Å². The molecule has 23 heavy (non-hydrogen) atoms. The number of rotatable bonds is 4. The van der Waals surface area contributed by atoms with Crippen molar-refractivity contribution in [2.45, 2.75) is 65.1 Å². The van der Waals surface area contributed by atoms with Gasteiger partial charge in [0.1, 0.15) is 0 Å². The molecule has 2 aromatic carbocycles. The zero-order valence-electron chi connectivity index (χ0n) is 14.6. The predicted molar refractivity (Wildman–Crippen MR) is 96.9 cm³/mol. The van der Waals surface area contributed by atoms with Gasteiger partial charge >= 0.3 is 0 Å². The molecule has 3 rings (SSSR count). The number of hydrogen-bond donors (Lipinski definition) is 0. The average molecular weight is 308 g/mol. The lowest BCUT2D eigenvalue weighted by molar-refractivity contribution is 0.0133. The Morgan fingerprint density at radius 3 is 2.00 bits per heavy atom. The van der Waals surface area contributed by atoms with Crippen molar-refractivity contribution in [1.82, 2.24) is 0 Å². The summed E-state index contributed by atoms with van der Waals surface area (Å²) in [4.78, 5) is 0. The van der Waals surface area contributed by atoms with Gasteiger partial charge in [-0.2, -0.15) is 0 Å². The van der Waals surface area contributed by atoms with Gasteiger partial charge in [-0.1, -0.05) is 59.2 Å². The molecule has 0 atom stereocenters. The highest BCUT2D eigenvalue weighted by molar-refractivity contribution is 5.28. The zero-order chi connectivity index (χ0) is 16.2. The van der Waals surface area contributed by atoms with Crippen LogP contribution in [-0.4, -0.2) is 6.10 Å². The molecular formula is C22H28O. The molecule has 1 saturated carbocycles. The Hall–Kier alpha value is -1.60. The lowest BCUT2D eigenvalue weighted by atomic mass is 9.82. The van der Waals surface area contributed by atoms with Crippen LogP contribution in [0.1, 0.15) is 59.4 Å². The molecular weight excluding hydrogens is 280 g/mol. The van der Waals surface area contributed by atoms with Crippen LogP contribution < -0.4 is 0 Å². The summed E-state index contributed by atoms with van der Waals surface area (Å²) in [6, 6.07) is 15.8. The first-order valence-electron chi connectivity index (χ1n) is 8.85. The van der Waals surface area contributed by atoms with Crippen molar-refractivity contribution >= 4 is 0 Å². The lowest BCUT2D eigenvalue weighted by Gasteiger charge is -2.29. The second-order valence-corrected chi connectivity index (χ2v) is 7.19. The monoisotopic (exact) mass is 308 g/mol. The van der Waals surface area contributed by atoms with Gasteiger partial charge in [-0.05, 0) is 63.5 Å². The van der Waals surface area contributed by atoms with Crippen LogP contribution in [0, 0.1) is 20.8 Å². The van der Waals surface area contributed by atoms with Gasteiger partial charge < -0.3 is 4.74 Å². The molecule has 1 nitrogen and oxygen atoms in total. The number of hydrogen-bond acceptors (Lipinski definition) is 1. The Kier molecular flexibility index (Phi) is 5.17. The summed E-state index contributed by atoms with van der Waals surface area (Å²) in [6.45, 7) is 7.22. The molecule has 1 aliphatic rings. The molecule has 0 aromatic heterocycles. The summed E-state index contributed by atoms with van der Waals surface area (Å²) in [5.74, 6) is 0.719. The topological polar surface area (TPSA) is 9.23 Å². The van der Waals surface area contributed by atoms with Crippen molar-refractivity contribution in [3.63, 3.8) is 0 Å². The average Bonchev–Trinajstić information content (AvgIpc) is 2.53. The Labute approximate surface area is 140 Å². The first-order valence-corrected chi connectivity index (χ1v) is 8.85. The van der Waals surface area contributed by atoms with E-state index in [0.717, 1.165) is 12.5 Å². The van der Waals surface area contributed by atoms with Crippen molar-refractivity contribution in [1.29, 1.82) is 0 Å². The molecule has 0 unspecified atom stereocenters. The van der Waals surface area contributed by atoms with Crippen LogP contribution in [0.25, 0.3) is 0 Å². The van der Waals surface area contributed by atoms with E-state index < -0.39 is 0 Å². The molecule has 2 aromatic rings. The van der Waals surface area contributed by atoms with Gasteiger partial charge in [0.05, 0.1) is 12.7 Å². The zero-order valence-corrected chi connectivity index (χ0v) is 14.6. The maximum absolute atomic E-state index is 6.18. The smallest absolute Gasteiger partial charge is 0.0720 e. The molecule has 0 amide bonds. The van der Waals surface area contributed by atoms with E-state index >= 15 is 0 Å². The fourth-order valence-electron chi connectivity index (χ4n) is 3.77. The molecule has 0 aliphatic heterocycles. The van der Waals surface area contributed by atoms with E-state index in [-0.39, 0.29) is 0 Å². The Bertz CT molecular complexity index is 613. The fourth-order valence-corrected chi connectivity index (χ4v) is 3.77. The molecule has 1 heteroatoms. The fraction of sp³-hybridized carbons (Fsp3) is 0.455. The van der Waals surface area contributed by atoms with Gasteiger partial charge in [-0.3, -0.25) is 0 Å². The first kappa shape index (κ1) is 16.3. The van der Waals surface area contributed by atoms with Gasteiger partial charge in [0, 0.05) is 0 Å². The first-order chi connectivity index (χ1) is 11.1. The third-order valence-electron chi connectivity index (χ3n) is 4.99. The summed E-state index contributed by atoms with van der Waals surface area (Å²) in [5.41, 5.74) is 6.81. The molecule has 0 N–H and O–H groups in total. The summed E-state index contributed by atoms with van der Waals surface area (Å²) in [5, 5.41) is 0. The Morgan fingerprint density at radius 2 is 1.39 bits per heavy atom. The molecule has 0 radical (unpaired) electrons. The molecule has 122 valence electrons. The van der Waals surface area contributed by atoms with Crippen molar-refractivity contribution < 1.29 is 4.74 Å². The van der Waals surface area contributed by atoms with E-state index in [1.807, 2.05) is 0 Å². The predicted octanol–water partition coefficient (Wildman–Crippen LogP) is 5.85. The molecule has 0 spiro atoms. The number of ether oxygens (including phenoxy) is 1. The Balaban J connectivity index is 1.50. The van der Waals surface area contributed by atoms with Gasteiger partial charge in [0.2, 0.25) is 0 Å². The van der Waals surface area contributed by atoms with Crippen molar-refractivity contribution in [3.8, 4) is 0 Å². The van der Waals surface area contributed by atoms with Crippen LogP contribution in [0.5, 0.6) is 0 Å². The van der Waals surface area contributed by atoms with Gasteiger partial charge in [0.25, 0.3) is 0 Å². The highest BCUT2D eigenvalue weighted by atomic mass is 16.5. The maximum atomic E-state index is 6.18. The quantitative estimate of drug-likeness (QED) is 0.688. The van der Waals surface area contributed by atoms with Gasteiger partial charge in [-0.25, -0.2) is 0 Å². The minimum Gasteiger partial charge on any atom is -0.374 e. The van der Waals surface area contributed by atoms with Crippen LogP contribution in [0.2, 0.25) is 0 Å². The van der Waals surface area contributed by atoms with Crippen molar-refractivity contribution in [3.05, 3.63) is 70.3 Å². The van der Waals surface area contributed by atoms with Crippen LogP contribution in [-0.2, 0) is 11.3 Å².